The molecule has 4 rings (SSSR count). The van der Waals surface area contributed by atoms with Gasteiger partial charge in [-0.1, -0.05) is 36.4 Å². The van der Waals surface area contributed by atoms with E-state index in [4.69, 9.17) is 4.74 Å². The van der Waals surface area contributed by atoms with Crippen LogP contribution in [-0.4, -0.2) is 18.3 Å². The Kier molecular flexibility index (Phi) is 7.31. The van der Waals surface area contributed by atoms with E-state index in [0.29, 0.717) is 12.2 Å². The molecular formula is C27H29NO2S. The first-order valence-electron chi connectivity index (χ1n) is 11.0. The van der Waals surface area contributed by atoms with Crippen LogP contribution in [0.15, 0.2) is 77.7 Å². The summed E-state index contributed by atoms with van der Waals surface area (Å²) < 4.78 is 5.81. The van der Waals surface area contributed by atoms with Crippen LogP contribution in [0.4, 0.5) is 0 Å². The molecule has 160 valence electrons. The van der Waals surface area contributed by atoms with E-state index in [0.717, 1.165) is 17.9 Å². The van der Waals surface area contributed by atoms with Gasteiger partial charge in [-0.2, -0.15) is 0 Å². The summed E-state index contributed by atoms with van der Waals surface area (Å²) in [5.74, 6) is 1.61. The fourth-order valence-corrected chi connectivity index (χ4v) is 4.68. The van der Waals surface area contributed by atoms with Crippen LogP contribution in [0.3, 0.4) is 0 Å². The number of fused-ring (bicyclic) bond motifs is 1. The Labute approximate surface area is 189 Å². The van der Waals surface area contributed by atoms with Crippen molar-refractivity contribution >= 4 is 17.7 Å². The third-order valence-corrected chi connectivity index (χ3v) is 6.68. The average molecular weight is 432 g/mol. The largest absolute Gasteiger partial charge is 0.493 e. The van der Waals surface area contributed by atoms with E-state index in [1.165, 1.54) is 40.8 Å². The molecular weight excluding hydrogens is 402 g/mol. The smallest absolute Gasteiger partial charge is 0.251 e. The zero-order chi connectivity index (χ0) is 21.5. The normalized spacial score (nSPS) is 13.8. The lowest BCUT2D eigenvalue weighted by atomic mass is 9.89. The predicted octanol–water partition coefficient (Wildman–Crippen LogP) is 6.23. The van der Waals surface area contributed by atoms with Crippen molar-refractivity contribution in [3.8, 4) is 5.75 Å². The van der Waals surface area contributed by atoms with Gasteiger partial charge in [0, 0.05) is 16.2 Å². The third kappa shape index (κ3) is 5.92. The zero-order valence-corrected chi connectivity index (χ0v) is 18.8. The SMILES string of the molecule is CC(NC(=O)c1ccc(OCCSc2ccccc2)cc1)c1ccc2c(c1)CCCC2. The molecule has 0 spiro atoms. The summed E-state index contributed by atoms with van der Waals surface area (Å²) in [6.45, 7) is 2.67. The van der Waals surface area contributed by atoms with E-state index in [1.807, 2.05) is 49.4 Å². The highest BCUT2D eigenvalue weighted by molar-refractivity contribution is 7.99. The Bertz CT molecular complexity index is 1000. The molecule has 3 nitrogen and oxygen atoms in total. The van der Waals surface area contributed by atoms with Crippen molar-refractivity contribution in [3.63, 3.8) is 0 Å². The van der Waals surface area contributed by atoms with Gasteiger partial charge in [-0.05, 0) is 85.7 Å². The maximum absolute atomic E-state index is 12.7. The van der Waals surface area contributed by atoms with E-state index in [1.54, 1.807) is 11.8 Å². The molecule has 31 heavy (non-hydrogen) atoms. The van der Waals surface area contributed by atoms with Gasteiger partial charge in [0.1, 0.15) is 5.75 Å². The van der Waals surface area contributed by atoms with Crippen LogP contribution in [0.1, 0.15) is 52.9 Å². The Morgan fingerprint density at radius 3 is 2.48 bits per heavy atom. The first kappa shape index (κ1) is 21.5. The molecule has 0 radical (unpaired) electrons. The number of rotatable bonds is 8. The molecule has 3 aromatic rings. The average Bonchev–Trinajstić information content (AvgIpc) is 2.82. The number of ether oxygens (including phenoxy) is 1. The molecule has 0 aromatic heterocycles. The van der Waals surface area contributed by atoms with Crippen molar-refractivity contribution in [2.75, 3.05) is 12.4 Å². The van der Waals surface area contributed by atoms with Crippen LogP contribution in [0.25, 0.3) is 0 Å². The number of aryl methyl sites for hydroxylation is 2. The summed E-state index contributed by atoms with van der Waals surface area (Å²) >= 11 is 1.77. The van der Waals surface area contributed by atoms with Gasteiger partial charge in [-0.15, -0.1) is 11.8 Å². The molecule has 1 atom stereocenters. The molecule has 0 saturated heterocycles. The first-order chi connectivity index (χ1) is 15.2. The number of thioether (sulfide) groups is 1. The van der Waals surface area contributed by atoms with Gasteiger partial charge < -0.3 is 10.1 Å². The Morgan fingerprint density at radius 2 is 1.71 bits per heavy atom. The second kappa shape index (κ2) is 10.5. The molecule has 0 aliphatic heterocycles. The number of carbonyl (C=O) groups excluding carboxylic acids is 1. The number of carbonyl (C=O) groups is 1. The van der Waals surface area contributed by atoms with Crippen molar-refractivity contribution in [1.29, 1.82) is 0 Å². The second-order valence-electron chi connectivity index (χ2n) is 7.96. The number of hydrogen-bond acceptors (Lipinski definition) is 3. The van der Waals surface area contributed by atoms with E-state index in [9.17, 15) is 4.79 Å². The van der Waals surface area contributed by atoms with Crippen molar-refractivity contribution in [1.82, 2.24) is 5.32 Å². The van der Waals surface area contributed by atoms with E-state index >= 15 is 0 Å². The van der Waals surface area contributed by atoms with Crippen molar-refractivity contribution in [3.05, 3.63) is 95.1 Å². The highest BCUT2D eigenvalue weighted by Gasteiger charge is 2.15. The third-order valence-electron chi connectivity index (χ3n) is 5.70. The van der Waals surface area contributed by atoms with Gasteiger partial charge in [0.25, 0.3) is 5.91 Å². The number of benzene rings is 3. The van der Waals surface area contributed by atoms with E-state index < -0.39 is 0 Å². The molecule has 0 heterocycles. The fourth-order valence-electron chi connectivity index (χ4n) is 3.92. The van der Waals surface area contributed by atoms with Gasteiger partial charge in [-0.3, -0.25) is 4.79 Å². The molecule has 0 bridgehead atoms. The maximum Gasteiger partial charge on any atom is 0.251 e. The van der Waals surface area contributed by atoms with Crippen LogP contribution >= 0.6 is 11.8 Å². The van der Waals surface area contributed by atoms with Gasteiger partial charge in [0.2, 0.25) is 0 Å². The molecule has 1 aliphatic rings. The molecule has 3 aromatic carbocycles. The zero-order valence-electron chi connectivity index (χ0n) is 18.0. The van der Waals surface area contributed by atoms with Gasteiger partial charge >= 0.3 is 0 Å². The maximum atomic E-state index is 12.7. The molecule has 1 aliphatic carbocycles. The standard InChI is InChI=1S/C27H29NO2S/c1-20(23-12-11-21-7-5-6-8-24(21)19-23)28-27(29)22-13-15-25(16-14-22)30-17-18-31-26-9-3-2-4-10-26/h2-4,9-16,19-20H,5-8,17-18H2,1H3,(H,28,29). The monoisotopic (exact) mass is 431 g/mol. The summed E-state index contributed by atoms with van der Waals surface area (Å²) in [5.41, 5.74) is 4.73. The van der Waals surface area contributed by atoms with Crippen molar-refractivity contribution in [2.45, 2.75) is 43.5 Å². The van der Waals surface area contributed by atoms with Crippen LogP contribution in [-0.2, 0) is 12.8 Å². The minimum atomic E-state index is -0.0589. The van der Waals surface area contributed by atoms with Crippen molar-refractivity contribution < 1.29 is 9.53 Å². The van der Waals surface area contributed by atoms with Crippen LogP contribution in [0.2, 0.25) is 0 Å². The Balaban J connectivity index is 1.27. The predicted molar refractivity (Wildman–Crippen MR) is 128 cm³/mol. The minimum Gasteiger partial charge on any atom is -0.493 e. The summed E-state index contributed by atoms with van der Waals surface area (Å²) in [6.07, 6.45) is 4.87. The quantitative estimate of drug-likeness (QED) is 0.339. The first-order valence-corrected chi connectivity index (χ1v) is 12.0. The Hall–Kier alpha value is -2.72. The Morgan fingerprint density at radius 1 is 0.968 bits per heavy atom. The van der Waals surface area contributed by atoms with Crippen LogP contribution in [0, 0.1) is 0 Å². The molecule has 1 amide bonds. The highest BCUT2D eigenvalue weighted by Crippen LogP contribution is 2.25. The highest BCUT2D eigenvalue weighted by atomic mass is 32.2. The lowest BCUT2D eigenvalue weighted by molar-refractivity contribution is 0.0940. The van der Waals surface area contributed by atoms with Crippen molar-refractivity contribution in [2.24, 2.45) is 0 Å². The molecule has 0 saturated carbocycles. The molecule has 4 heteroatoms. The lowest BCUT2D eigenvalue weighted by Gasteiger charge is -2.20. The minimum absolute atomic E-state index is 0.0225. The van der Waals surface area contributed by atoms with E-state index in [2.05, 4.69) is 35.6 Å². The summed E-state index contributed by atoms with van der Waals surface area (Å²) in [6, 6.07) is 24.3. The number of amides is 1. The summed E-state index contributed by atoms with van der Waals surface area (Å²) in [7, 11) is 0. The van der Waals surface area contributed by atoms with Gasteiger partial charge in [0.05, 0.1) is 12.6 Å². The molecule has 0 fully saturated rings. The fraction of sp³-hybridized carbons (Fsp3) is 0.296. The number of hydrogen-bond donors (Lipinski definition) is 1. The number of nitrogens with one attached hydrogen (secondary N) is 1. The topological polar surface area (TPSA) is 38.3 Å². The lowest BCUT2D eigenvalue weighted by Crippen LogP contribution is -2.26. The molecule has 1 N–H and O–H groups in total. The van der Waals surface area contributed by atoms with Crippen LogP contribution < -0.4 is 10.1 Å². The second-order valence-corrected chi connectivity index (χ2v) is 9.13. The summed E-state index contributed by atoms with van der Waals surface area (Å²) in [4.78, 5) is 13.9. The van der Waals surface area contributed by atoms with E-state index in [-0.39, 0.29) is 11.9 Å². The van der Waals surface area contributed by atoms with Gasteiger partial charge in [-0.25, -0.2) is 0 Å². The molecule has 1 unspecified atom stereocenters. The van der Waals surface area contributed by atoms with Gasteiger partial charge in [0.15, 0.2) is 0 Å². The summed E-state index contributed by atoms with van der Waals surface area (Å²) in [5, 5.41) is 3.13. The van der Waals surface area contributed by atoms with Crippen LogP contribution in [0.5, 0.6) is 5.75 Å².